The van der Waals surface area contributed by atoms with Gasteiger partial charge in [-0.1, -0.05) is 12.2 Å². The minimum Gasteiger partial charge on any atom is -0.379 e. The second-order valence-electron chi connectivity index (χ2n) is 6.26. The van der Waals surface area contributed by atoms with Gasteiger partial charge in [-0.15, -0.1) is 0 Å². The van der Waals surface area contributed by atoms with Gasteiger partial charge in [-0.3, -0.25) is 19.3 Å². The molecule has 9 nitrogen and oxygen atoms in total. The molecule has 2 aliphatic rings. The second kappa shape index (κ2) is 12.4. The molecule has 0 radical (unpaired) electrons. The molecule has 3 amide bonds. The van der Waals surface area contributed by atoms with Crippen molar-refractivity contribution in [1.82, 2.24) is 4.90 Å². The van der Waals surface area contributed by atoms with Gasteiger partial charge in [-0.25, -0.2) is 0 Å². The van der Waals surface area contributed by atoms with Crippen LogP contribution in [0.5, 0.6) is 0 Å². The summed E-state index contributed by atoms with van der Waals surface area (Å²) in [5.74, 6) is -0.811. The monoisotopic (exact) mass is 398 g/mol. The Balaban J connectivity index is 0.00000420. The Kier molecular flexibility index (Phi) is 9.84. The number of hydrogen-bond donors (Lipinski definition) is 1. The summed E-state index contributed by atoms with van der Waals surface area (Å²) >= 11 is 0. The van der Waals surface area contributed by atoms with E-state index in [4.69, 9.17) is 24.7 Å². The average Bonchev–Trinajstić information content (AvgIpc) is 2.93. The molecule has 1 heterocycles. The van der Waals surface area contributed by atoms with Crippen LogP contribution in [0.1, 0.15) is 20.7 Å². The van der Waals surface area contributed by atoms with Crippen LogP contribution in [-0.2, 0) is 33.3 Å². The molecule has 158 valence electrons. The molecule has 0 aromatic heterocycles. The van der Waals surface area contributed by atoms with Crippen LogP contribution in [-0.4, -0.2) is 82.0 Å². The van der Waals surface area contributed by atoms with Crippen LogP contribution in [0.25, 0.3) is 0 Å². The molecule has 0 aromatic carbocycles. The normalized spacial score (nSPS) is 16.2. The molecule has 0 atom stereocenters. The van der Waals surface area contributed by atoms with Gasteiger partial charge in [0.05, 0.1) is 59.4 Å². The van der Waals surface area contributed by atoms with Crippen LogP contribution >= 0.6 is 0 Å². The van der Waals surface area contributed by atoms with Crippen molar-refractivity contribution in [2.24, 2.45) is 5.73 Å². The SMILES string of the molecule is NC(=O)CCOCCOCCOCCOCCN1C(=O)C2=C(CCC=C2)C1=O.[HH]. The zero-order valence-electron chi connectivity index (χ0n) is 16.0. The van der Waals surface area contributed by atoms with Crippen molar-refractivity contribution in [2.75, 3.05) is 59.4 Å². The quantitative estimate of drug-likeness (QED) is 0.309. The molecular weight excluding hydrogens is 368 g/mol. The van der Waals surface area contributed by atoms with E-state index in [1.807, 2.05) is 6.08 Å². The molecule has 0 saturated heterocycles. The van der Waals surface area contributed by atoms with Gasteiger partial charge in [-0.2, -0.15) is 0 Å². The second-order valence-corrected chi connectivity index (χ2v) is 6.26. The number of amides is 3. The first kappa shape index (κ1) is 22.2. The van der Waals surface area contributed by atoms with E-state index in [2.05, 4.69) is 0 Å². The average molecular weight is 398 g/mol. The first-order valence-corrected chi connectivity index (χ1v) is 9.46. The first-order valence-electron chi connectivity index (χ1n) is 9.46. The number of primary amides is 1. The molecule has 2 rings (SSSR count). The van der Waals surface area contributed by atoms with Gasteiger partial charge in [-0.05, 0) is 12.8 Å². The number of rotatable bonds is 15. The Bertz CT molecular complexity index is 622. The van der Waals surface area contributed by atoms with Crippen LogP contribution in [0.15, 0.2) is 23.3 Å². The Morgan fingerprint density at radius 3 is 2.07 bits per heavy atom. The lowest BCUT2D eigenvalue weighted by molar-refractivity contribution is -0.138. The number of hydrogen-bond acceptors (Lipinski definition) is 7. The number of nitrogens with zero attached hydrogens (tertiary/aromatic N) is 1. The first-order chi connectivity index (χ1) is 13.6. The molecule has 2 N–H and O–H groups in total. The number of carbonyl (C=O) groups is 3. The molecule has 0 bridgehead atoms. The highest BCUT2D eigenvalue weighted by Crippen LogP contribution is 2.28. The van der Waals surface area contributed by atoms with Crippen LogP contribution in [0, 0.1) is 0 Å². The predicted octanol–water partition coefficient (Wildman–Crippen LogP) is 0.190. The van der Waals surface area contributed by atoms with Crippen molar-refractivity contribution in [2.45, 2.75) is 19.3 Å². The number of carbonyl (C=O) groups excluding carboxylic acids is 3. The highest BCUT2D eigenvalue weighted by Gasteiger charge is 2.36. The van der Waals surface area contributed by atoms with Gasteiger partial charge in [0.1, 0.15) is 0 Å². The molecule has 28 heavy (non-hydrogen) atoms. The fourth-order valence-corrected chi connectivity index (χ4v) is 2.78. The van der Waals surface area contributed by atoms with E-state index in [0.717, 1.165) is 6.42 Å². The van der Waals surface area contributed by atoms with E-state index in [-0.39, 0.29) is 38.7 Å². The minimum absolute atomic E-state index is 0. The molecular formula is C19H30N2O7. The summed E-state index contributed by atoms with van der Waals surface area (Å²) in [4.78, 5) is 36.2. The standard InChI is InChI=1S/C19H28N2O7.H2/c20-17(22)5-7-25-9-11-27-13-14-28-12-10-26-8-6-21-18(23)15-3-1-2-4-16(15)19(21)24;/h1,3H,2,4-14H2,(H2,20,22);1H. The van der Waals surface area contributed by atoms with Gasteiger partial charge >= 0.3 is 0 Å². The fourth-order valence-electron chi connectivity index (χ4n) is 2.78. The summed E-state index contributed by atoms with van der Waals surface area (Å²) in [5.41, 5.74) is 6.13. The molecule has 9 heteroatoms. The maximum absolute atomic E-state index is 12.2. The summed E-state index contributed by atoms with van der Waals surface area (Å²) in [7, 11) is 0. The summed E-state index contributed by atoms with van der Waals surface area (Å²) in [5, 5.41) is 0. The smallest absolute Gasteiger partial charge is 0.261 e. The van der Waals surface area contributed by atoms with Gasteiger partial charge in [0.25, 0.3) is 11.8 Å². The van der Waals surface area contributed by atoms with Crippen molar-refractivity contribution in [3.8, 4) is 0 Å². The van der Waals surface area contributed by atoms with Gasteiger partial charge < -0.3 is 24.7 Å². The van der Waals surface area contributed by atoms with Crippen molar-refractivity contribution >= 4 is 17.7 Å². The molecule has 0 spiro atoms. The number of allylic oxidation sites excluding steroid dienone is 1. The summed E-state index contributed by atoms with van der Waals surface area (Å²) in [6.07, 6.45) is 5.29. The maximum atomic E-state index is 12.2. The third-order valence-corrected chi connectivity index (χ3v) is 4.22. The maximum Gasteiger partial charge on any atom is 0.261 e. The van der Waals surface area contributed by atoms with E-state index in [1.165, 1.54) is 4.90 Å². The molecule has 0 unspecified atom stereocenters. The van der Waals surface area contributed by atoms with Gasteiger partial charge in [0, 0.05) is 19.0 Å². The van der Waals surface area contributed by atoms with E-state index in [0.29, 0.717) is 63.8 Å². The zero-order valence-corrected chi connectivity index (χ0v) is 16.0. The molecule has 0 aromatic rings. The van der Waals surface area contributed by atoms with Crippen LogP contribution in [0.2, 0.25) is 0 Å². The van der Waals surface area contributed by atoms with Crippen molar-refractivity contribution in [1.29, 1.82) is 0 Å². The van der Waals surface area contributed by atoms with E-state index >= 15 is 0 Å². The molecule has 0 saturated carbocycles. The molecule has 1 aliphatic heterocycles. The Morgan fingerprint density at radius 1 is 0.929 bits per heavy atom. The Hall–Kier alpha value is -2.07. The van der Waals surface area contributed by atoms with Crippen molar-refractivity contribution in [3.63, 3.8) is 0 Å². The highest BCUT2D eigenvalue weighted by atomic mass is 16.6. The lowest BCUT2D eigenvalue weighted by Gasteiger charge is -2.15. The number of ether oxygens (including phenoxy) is 4. The van der Waals surface area contributed by atoms with Crippen molar-refractivity contribution < 1.29 is 34.8 Å². The lowest BCUT2D eigenvalue weighted by atomic mass is 10.00. The third-order valence-electron chi connectivity index (χ3n) is 4.22. The minimum atomic E-state index is -0.386. The molecule has 1 aliphatic carbocycles. The van der Waals surface area contributed by atoms with Crippen LogP contribution in [0.3, 0.4) is 0 Å². The fraction of sp³-hybridized carbons (Fsp3) is 0.632. The van der Waals surface area contributed by atoms with Crippen molar-refractivity contribution in [3.05, 3.63) is 23.3 Å². The van der Waals surface area contributed by atoms with Gasteiger partial charge in [0.2, 0.25) is 5.91 Å². The third kappa shape index (κ3) is 7.16. The summed E-state index contributed by atoms with van der Waals surface area (Å²) in [6.45, 7) is 3.29. The van der Waals surface area contributed by atoms with E-state index in [1.54, 1.807) is 6.08 Å². The zero-order chi connectivity index (χ0) is 20.2. The number of nitrogens with two attached hydrogens (primary N) is 1. The summed E-state index contributed by atoms with van der Waals surface area (Å²) in [6, 6.07) is 0. The lowest BCUT2D eigenvalue weighted by Crippen LogP contribution is -2.34. The van der Waals surface area contributed by atoms with E-state index < -0.39 is 0 Å². The predicted molar refractivity (Wildman–Crippen MR) is 101 cm³/mol. The summed E-state index contributed by atoms with van der Waals surface area (Å²) < 4.78 is 21.3. The highest BCUT2D eigenvalue weighted by molar-refractivity contribution is 6.20. The van der Waals surface area contributed by atoms with Gasteiger partial charge in [0.15, 0.2) is 0 Å². The Morgan fingerprint density at radius 2 is 1.50 bits per heavy atom. The van der Waals surface area contributed by atoms with Crippen LogP contribution in [0.4, 0.5) is 0 Å². The largest absolute Gasteiger partial charge is 0.379 e. The topological polar surface area (TPSA) is 117 Å². The van der Waals surface area contributed by atoms with Crippen LogP contribution < -0.4 is 5.73 Å². The molecule has 0 fully saturated rings. The van der Waals surface area contributed by atoms with E-state index in [9.17, 15) is 14.4 Å². The number of imide groups is 1. The Labute approximate surface area is 165 Å².